The van der Waals surface area contributed by atoms with E-state index in [0.29, 0.717) is 6.04 Å². The van der Waals surface area contributed by atoms with Crippen LogP contribution in [0.15, 0.2) is 0 Å². The van der Waals surface area contributed by atoms with Crippen LogP contribution in [-0.4, -0.2) is 22.6 Å². The number of aromatic nitrogens is 2. The second-order valence-corrected chi connectivity index (χ2v) is 6.25. The first-order valence-electron chi connectivity index (χ1n) is 7.11. The average Bonchev–Trinajstić information content (AvgIpc) is 2.30. The molecule has 0 saturated heterocycles. The van der Waals surface area contributed by atoms with E-state index in [4.69, 9.17) is 0 Å². The molecule has 1 aromatic heterocycles. The molecule has 0 radical (unpaired) electrons. The van der Waals surface area contributed by atoms with E-state index < -0.39 is 0 Å². The molecule has 1 rings (SSSR count). The van der Waals surface area contributed by atoms with Gasteiger partial charge < -0.3 is 10.6 Å². The third kappa shape index (κ3) is 4.37. The van der Waals surface area contributed by atoms with Crippen molar-refractivity contribution < 1.29 is 0 Å². The Kier molecular flexibility index (Phi) is 5.15. The van der Waals surface area contributed by atoms with Gasteiger partial charge in [0.15, 0.2) is 0 Å². The second-order valence-electron chi connectivity index (χ2n) is 6.25. The van der Waals surface area contributed by atoms with Gasteiger partial charge in [0, 0.05) is 18.2 Å². The van der Waals surface area contributed by atoms with Crippen LogP contribution in [0.5, 0.6) is 0 Å². The Balaban J connectivity index is 2.98. The Morgan fingerprint density at radius 1 is 1.11 bits per heavy atom. The molecule has 0 aliphatic rings. The van der Waals surface area contributed by atoms with Crippen LogP contribution in [0.4, 0.5) is 11.6 Å². The fourth-order valence-electron chi connectivity index (χ4n) is 1.61. The van der Waals surface area contributed by atoms with Crippen LogP contribution in [0.2, 0.25) is 0 Å². The van der Waals surface area contributed by atoms with E-state index in [1.165, 1.54) is 0 Å². The fourth-order valence-corrected chi connectivity index (χ4v) is 1.61. The lowest BCUT2D eigenvalue weighted by atomic mass is 9.88. The summed E-state index contributed by atoms with van der Waals surface area (Å²) in [5, 5.41) is 6.88. The molecular weight excluding hydrogens is 236 g/mol. The van der Waals surface area contributed by atoms with Crippen molar-refractivity contribution >= 4 is 11.6 Å². The third-order valence-electron chi connectivity index (χ3n) is 3.45. The maximum absolute atomic E-state index is 4.53. The van der Waals surface area contributed by atoms with Crippen molar-refractivity contribution in [3.8, 4) is 0 Å². The Hall–Kier alpha value is -1.32. The molecule has 0 aliphatic carbocycles. The lowest BCUT2D eigenvalue weighted by molar-refractivity contribution is 0.358. The molecule has 0 bridgehead atoms. The minimum Gasteiger partial charge on any atom is -0.370 e. The third-order valence-corrected chi connectivity index (χ3v) is 3.45. The second kappa shape index (κ2) is 6.22. The van der Waals surface area contributed by atoms with Gasteiger partial charge in [0.1, 0.15) is 17.5 Å². The van der Waals surface area contributed by atoms with Crippen molar-refractivity contribution in [3.63, 3.8) is 0 Å². The van der Waals surface area contributed by atoms with Gasteiger partial charge in [0.05, 0.1) is 0 Å². The van der Waals surface area contributed by atoms with E-state index in [2.05, 4.69) is 62.1 Å². The predicted octanol–water partition coefficient (Wildman–Crippen LogP) is 3.76. The van der Waals surface area contributed by atoms with E-state index in [1.54, 1.807) is 0 Å². The van der Waals surface area contributed by atoms with Gasteiger partial charge in [-0.2, -0.15) is 0 Å². The van der Waals surface area contributed by atoms with E-state index in [0.717, 1.165) is 36.0 Å². The van der Waals surface area contributed by atoms with Gasteiger partial charge in [-0.1, -0.05) is 27.7 Å². The van der Waals surface area contributed by atoms with E-state index in [1.807, 2.05) is 6.92 Å². The minimum absolute atomic E-state index is 0.197. The molecule has 1 aromatic rings. The highest BCUT2D eigenvalue weighted by atomic mass is 15.1. The summed E-state index contributed by atoms with van der Waals surface area (Å²) in [6.07, 6.45) is 1.09. The zero-order valence-corrected chi connectivity index (χ0v) is 13.4. The van der Waals surface area contributed by atoms with Gasteiger partial charge in [-0.15, -0.1) is 0 Å². The molecule has 1 heterocycles. The first kappa shape index (κ1) is 15.7. The molecule has 1 atom stereocenters. The van der Waals surface area contributed by atoms with Gasteiger partial charge in [-0.25, -0.2) is 9.97 Å². The lowest BCUT2D eigenvalue weighted by Gasteiger charge is -2.29. The van der Waals surface area contributed by atoms with Gasteiger partial charge in [0.2, 0.25) is 0 Å². The van der Waals surface area contributed by atoms with Gasteiger partial charge in [0.25, 0.3) is 0 Å². The van der Waals surface area contributed by atoms with Crippen molar-refractivity contribution in [2.24, 2.45) is 5.41 Å². The number of rotatable bonds is 5. The maximum atomic E-state index is 4.53. The van der Waals surface area contributed by atoms with Gasteiger partial charge >= 0.3 is 0 Å². The van der Waals surface area contributed by atoms with Gasteiger partial charge in [-0.3, -0.25) is 0 Å². The highest BCUT2D eigenvalue weighted by molar-refractivity contribution is 5.57. The number of aryl methyl sites for hydroxylation is 1. The van der Waals surface area contributed by atoms with E-state index in [9.17, 15) is 0 Å². The number of hydrogen-bond acceptors (Lipinski definition) is 4. The van der Waals surface area contributed by atoms with Crippen molar-refractivity contribution in [2.75, 3.05) is 17.2 Å². The summed E-state index contributed by atoms with van der Waals surface area (Å²) < 4.78 is 0. The molecule has 1 unspecified atom stereocenters. The molecular formula is C15H28N4. The lowest BCUT2D eigenvalue weighted by Crippen LogP contribution is -2.31. The number of hydrogen-bond donors (Lipinski definition) is 2. The summed E-state index contributed by atoms with van der Waals surface area (Å²) >= 11 is 0. The Morgan fingerprint density at radius 2 is 1.68 bits per heavy atom. The number of nitrogens with zero attached hydrogens (tertiary/aromatic N) is 2. The number of anilines is 2. The molecule has 0 saturated carbocycles. The molecule has 4 nitrogen and oxygen atoms in total. The molecule has 0 aliphatic heterocycles. The van der Waals surface area contributed by atoms with Crippen LogP contribution in [-0.2, 0) is 0 Å². The molecule has 108 valence electrons. The molecule has 0 amide bonds. The maximum Gasteiger partial charge on any atom is 0.134 e. The van der Waals surface area contributed by atoms with Crippen LogP contribution in [0, 0.1) is 19.3 Å². The van der Waals surface area contributed by atoms with Crippen LogP contribution in [0.1, 0.15) is 52.4 Å². The van der Waals surface area contributed by atoms with Crippen molar-refractivity contribution in [1.29, 1.82) is 0 Å². The highest BCUT2D eigenvalue weighted by Gasteiger charge is 2.21. The molecule has 2 N–H and O–H groups in total. The molecule has 19 heavy (non-hydrogen) atoms. The van der Waals surface area contributed by atoms with Crippen LogP contribution in [0.3, 0.4) is 0 Å². The topological polar surface area (TPSA) is 49.8 Å². The summed E-state index contributed by atoms with van der Waals surface area (Å²) in [6, 6.07) is 0.347. The van der Waals surface area contributed by atoms with Crippen LogP contribution >= 0.6 is 0 Å². The minimum atomic E-state index is 0.197. The van der Waals surface area contributed by atoms with Crippen molar-refractivity contribution in [3.05, 3.63) is 11.4 Å². The normalized spacial score (nSPS) is 13.2. The SMILES string of the molecule is CCCNc1nc(C)nc(NC(C)C(C)(C)C)c1C. The summed E-state index contributed by atoms with van der Waals surface area (Å²) in [5.41, 5.74) is 1.29. The van der Waals surface area contributed by atoms with Crippen LogP contribution in [0.25, 0.3) is 0 Å². The smallest absolute Gasteiger partial charge is 0.134 e. The number of nitrogens with one attached hydrogen (secondary N) is 2. The quantitative estimate of drug-likeness (QED) is 0.850. The summed E-state index contributed by atoms with van der Waals surface area (Å²) in [4.78, 5) is 9.01. The van der Waals surface area contributed by atoms with Crippen LogP contribution < -0.4 is 10.6 Å². The largest absolute Gasteiger partial charge is 0.370 e. The zero-order valence-electron chi connectivity index (χ0n) is 13.4. The molecule has 4 heteroatoms. The fraction of sp³-hybridized carbons (Fsp3) is 0.733. The van der Waals surface area contributed by atoms with Gasteiger partial charge in [-0.05, 0) is 32.6 Å². The summed E-state index contributed by atoms with van der Waals surface area (Å²) in [6.45, 7) is 16.0. The predicted molar refractivity (Wildman–Crippen MR) is 82.8 cm³/mol. The molecule has 0 aromatic carbocycles. The molecule has 0 fully saturated rings. The zero-order chi connectivity index (χ0) is 14.6. The Bertz CT molecular complexity index is 421. The van der Waals surface area contributed by atoms with Crippen molar-refractivity contribution in [1.82, 2.24) is 9.97 Å². The monoisotopic (exact) mass is 264 g/mol. The Labute approximate surface area is 117 Å². The Morgan fingerprint density at radius 3 is 2.21 bits per heavy atom. The van der Waals surface area contributed by atoms with E-state index in [-0.39, 0.29) is 5.41 Å². The van der Waals surface area contributed by atoms with E-state index >= 15 is 0 Å². The molecule has 0 spiro atoms. The van der Waals surface area contributed by atoms with Crippen molar-refractivity contribution in [2.45, 2.75) is 60.9 Å². The summed E-state index contributed by atoms with van der Waals surface area (Å²) in [5.74, 6) is 2.68. The average molecular weight is 264 g/mol. The summed E-state index contributed by atoms with van der Waals surface area (Å²) in [7, 11) is 0. The first-order chi connectivity index (χ1) is 8.75. The highest BCUT2D eigenvalue weighted by Crippen LogP contribution is 2.26. The first-order valence-corrected chi connectivity index (χ1v) is 7.11. The standard InChI is InChI=1S/C15H28N4/c1-8-9-16-13-10(2)14(19-12(4)18-13)17-11(3)15(5,6)7/h11H,8-9H2,1-7H3,(H2,16,17,18,19).